The van der Waals surface area contributed by atoms with Crippen LogP contribution in [0.4, 0.5) is 5.95 Å². The molecule has 0 amide bonds. The molecule has 0 bridgehead atoms. The van der Waals surface area contributed by atoms with Crippen LogP contribution >= 0.6 is 0 Å². The lowest BCUT2D eigenvalue weighted by Crippen LogP contribution is -2.18. The number of hydrogen-bond acceptors (Lipinski definition) is 5. The molecular formula is C20H19N5O2. The van der Waals surface area contributed by atoms with Gasteiger partial charge in [0.1, 0.15) is 5.39 Å². The second-order valence-electron chi connectivity index (χ2n) is 6.30. The van der Waals surface area contributed by atoms with Crippen LogP contribution in [0.1, 0.15) is 17.2 Å². The second kappa shape index (κ2) is 7.05. The molecule has 1 atom stereocenters. The quantitative estimate of drug-likeness (QED) is 0.508. The van der Waals surface area contributed by atoms with E-state index in [9.17, 15) is 9.90 Å². The number of rotatable bonds is 5. The molecule has 0 aliphatic carbocycles. The van der Waals surface area contributed by atoms with Crippen molar-refractivity contribution >= 4 is 17.0 Å². The van der Waals surface area contributed by atoms with Gasteiger partial charge in [0.25, 0.3) is 5.56 Å². The van der Waals surface area contributed by atoms with Crippen molar-refractivity contribution in [2.75, 3.05) is 11.9 Å². The maximum absolute atomic E-state index is 12.4. The molecule has 0 spiro atoms. The van der Waals surface area contributed by atoms with Crippen molar-refractivity contribution in [2.45, 2.75) is 13.0 Å². The number of para-hydroxylation sites is 1. The van der Waals surface area contributed by atoms with E-state index in [2.05, 4.69) is 20.4 Å². The van der Waals surface area contributed by atoms with Crippen LogP contribution < -0.4 is 10.9 Å². The third-order valence-electron chi connectivity index (χ3n) is 4.45. The van der Waals surface area contributed by atoms with E-state index in [4.69, 9.17) is 0 Å². The van der Waals surface area contributed by atoms with E-state index in [1.165, 1.54) is 6.20 Å². The molecule has 7 nitrogen and oxygen atoms in total. The van der Waals surface area contributed by atoms with Gasteiger partial charge in [-0.3, -0.25) is 9.78 Å². The smallest absolute Gasteiger partial charge is 0.263 e. The fourth-order valence-corrected chi connectivity index (χ4v) is 3.02. The van der Waals surface area contributed by atoms with Crippen molar-refractivity contribution in [1.29, 1.82) is 0 Å². The van der Waals surface area contributed by atoms with Crippen molar-refractivity contribution < 1.29 is 5.11 Å². The fraction of sp³-hybridized carbons (Fsp3) is 0.150. The highest BCUT2D eigenvalue weighted by molar-refractivity contribution is 5.76. The summed E-state index contributed by atoms with van der Waals surface area (Å²) in [5, 5.41) is 18.1. The number of aliphatic hydroxyl groups is 1. The predicted molar refractivity (Wildman–Crippen MR) is 104 cm³/mol. The maximum Gasteiger partial charge on any atom is 0.263 e. The summed E-state index contributed by atoms with van der Waals surface area (Å²) < 4.78 is 1.62. The summed E-state index contributed by atoms with van der Waals surface area (Å²) >= 11 is 0. The number of anilines is 1. The highest BCUT2D eigenvalue weighted by atomic mass is 16.3. The van der Waals surface area contributed by atoms with Crippen molar-refractivity contribution in [2.24, 2.45) is 0 Å². The summed E-state index contributed by atoms with van der Waals surface area (Å²) in [6.45, 7) is 2.17. The van der Waals surface area contributed by atoms with Crippen molar-refractivity contribution in [3.63, 3.8) is 0 Å². The highest BCUT2D eigenvalue weighted by Crippen LogP contribution is 2.18. The van der Waals surface area contributed by atoms with E-state index >= 15 is 0 Å². The fourth-order valence-electron chi connectivity index (χ4n) is 3.02. The number of H-pyrrole nitrogens is 1. The standard InChI is InChI=1S/C20H19N5O2/c1-13-7-5-6-10-15(13)17(26)12-21-20-23-18-16(19(27)24-20)11-22-25(18)14-8-3-2-4-9-14/h2-11,17,26H,12H2,1H3,(H2,21,23,24,27). The minimum absolute atomic E-state index is 0.221. The normalized spacial score (nSPS) is 12.2. The lowest BCUT2D eigenvalue weighted by Gasteiger charge is -2.14. The summed E-state index contributed by atoms with van der Waals surface area (Å²) in [7, 11) is 0. The molecule has 27 heavy (non-hydrogen) atoms. The summed E-state index contributed by atoms with van der Waals surface area (Å²) in [6, 6.07) is 17.1. The monoisotopic (exact) mass is 361 g/mol. The minimum Gasteiger partial charge on any atom is -0.387 e. The van der Waals surface area contributed by atoms with Crippen LogP contribution in [0, 0.1) is 6.92 Å². The predicted octanol–water partition coefficient (Wildman–Crippen LogP) is 2.56. The number of aromatic amines is 1. The van der Waals surface area contributed by atoms with Gasteiger partial charge >= 0.3 is 0 Å². The molecule has 4 aromatic rings. The number of nitrogens with one attached hydrogen (secondary N) is 2. The van der Waals surface area contributed by atoms with E-state index < -0.39 is 6.10 Å². The van der Waals surface area contributed by atoms with E-state index in [1.54, 1.807) is 4.68 Å². The lowest BCUT2D eigenvalue weighted by atomic mass is 10.0. The molecule has 0 fully saturated rings. The average molecular weight is 361 g/mol. The van der Waals surface area contributed by atoms with Crippen LogP contribution in [0.15, 0.2) is 65.6 Å². The highest BCUT2D eigenvalue weighted by Gasteiger charge is 2.13. The SMILES string of the molecule is Cc1ccccc1C(O)CNc1nc2c(cnn2-c2ccccc2)c(=O)[nH]1. The van der Waals surface area contributed by atoms with Gasteiger partial charge in [-0.15, -0.1) is 0 Å². The zero-order valence-corrected chi connectivity index (χ0v) is 14.8. The number of aliphatic hydroxyl groups excluding tert-OH is 1. The number of hydrogen-bond donors (Lipinski definition) is 3. The Bertz CT molecular complexity index is 1130. The molecule has 0 radical (unpaired) electrons. The van der Waals surface area contributed by atoms with Crippen LogP contribution in [0.3, 0.4) is 0 Å². The molecule has 2 aromatic carbocycles. The molecule has 4 rings (SSSR count). The Morgan fingerprint density at radius 3 is 2.67 bits per heavy atom. The first-order chi connectivity index (χ1) is 13.1. The van der Waals surface area contributed by atoms with Crippen molar-refractivity contribution in [3.8, 4) is 5.69 Å². The molecule has 0 aliphatic rings. The number of aromatic nitrogens is 4. The third-order valence-corrected chi connectivity index (χ3v) is 4.45. The summed E-state index contributed by atoms with van der Waals surface area (Å²) in [4.78, 5) is 19.5. The van der Waals surface area contributed by atoms with Crippen molar-refractivity contribution in [1.82, 2.24) is 19.7 Å². The zero-order chi connectivity index (χ0) is 18.8. The van der Waals surface area contributed by atoms with E-state index in [1.807, 2.05) is 61.5 Å². The molecule has 0 saturated heterocycles. The van der Waals surface area contributed by atoms with E-state index in [-0.39, 0.29) is 18.1 Å². The van der Waals surface area contributed by atoms with E-state index in [0.717, 1.165) is 16.8 Å². The van der Waals surface area contributed by atoms with Crippen LogP contribution in [0.2, 0.25) is 0 Å². The first-order valence-corrected chi connectivity index (χ1v) is 8.64. The Labute approximate surface area is 155 Å². The van der Waals surface area contributed by atoms with Gasteiger partial charge in [0.2, 0.25) is 5.95 Å². The summed E-state index contributed by atoms with van der Waals surface area (Å²) in [6.07, 6.45) is 0.784. The summed E-state index contributed by atoms with van der Waals surface area (Å²) in [5.74, 6) is 0.290. The number of benzene rings is 2. The van der Waals surface area contributed by atoms with E-state index in [0.29, 0.717) is 11.0 Å². The molecular weight excluding hydrogens is 342 g/mol. The molecule has 2 heterocycles. The minimum atomic E-state index is -0.716. The van der Waals surface area contributed by atoms with Gasteiger partial charge < -0.3 is 10.4 Å². The van der Waals surface area contributed by atoms with Gasteiger partial charge in [0.05, 0.1) is 18.0 Å². The molecule has 1 unspecified atom stereocenters. The van der Waals surface area contributed by atoms with Gasteiger partial charge in [-0.05, 0) is 30.2 Å². The Kier molecular flexibility index (Phi) is 4.43. The second-order valence-corrected chi connectivity index (χ2v) is 6.30. The average Bonchev–Trinajstić information content (AvgIpc) is 3.12. The van der Waals surface area contributed by atoms with Crippen LogP contribution in [-0.4, -0.2) is 31.4 Å². The van der Waals surface area contributed by atoms with Crippen LogP contribution in [0.5, 0.6) is 0 Å². The Hall–Kier alpha value is -3.45. The first kappa shape index (κ1) is 17.0. The van der Waals surface area contributed by atoms with Crippen molar-refractivity contribution in [3.05, 3.63) is 82.3 Å². The number of fused-ring (bicyclic) bond motifs is 1. The molecule has 2 aromatic heterocycles. The van der Waals surface area contributed by atoms with Gasteiger partial charge in [-0.2, -0.15) is 10.1 Å². The van der Waals surface area contributed by atoms with Gasteiger partial charge in [-0.25, -0.2) is 4.68 Å². The topological polar surface area (TPSA) is 95.8 Å². The first-order valence-electron chi connectivity index (χ1n) is 8.64. The summed E-state index contributed by atoms with van der Waals surface area (Å²) in [5.41, 5.74) is 2.83. The molecule has 0 aliphatic heterocycles. The Morgan fingerprint density at radius 2 is 1.89 bits per heavy atom. The largest absolute Gasteiger partial charge is 0.387 e. The third kappa shape index (κ3) is 3.32. The van der Waals surface area contributed by atoms with Crippen LogP contribution in [-0.2, 0) is 0 Å². The van der Waals surface area contributed by atoms with Gasteiger partial charge in [0, 0.05) is 6.54 Å². The molecule has 0 saturated carbocycles. The van der Waals surface area contributed by atoms with Gasteiger partial charge in [0.15, 0.2) is 5.65 Å². The maximum atomic E-state index is 12.4. The number of nitrogens with zero attached hydrogens (tertiary/aromatic N) is 3. The molecule has 7 heteroatoms. The Balaban J connectivity index is 1.63. The lowest BCUT2D eigenvalue weighted by molar-refractivity contribution is 0.190. The zero-order valence-electron chi connectivity index (χ0n) is 14.8. The Morgan fingerprint density at radius 1 is 1.15 bits per heavy atom. The number of aryl methyl sites for hydroxylation is 1. The molecule has 3 N–H and O–H groups in total. The van der Waals surface area contributed by atoms with Gasteiger partial charge in [-0.1, -0.05) is 42.5 Å². The van der Waals surface area contributed by atoms with Crippen LogP contribution in [0.25, 0.3) is 16.7 Å². The molecule has 136 valence electrons.